The second-order valence-electron chi connectivity index (χ2n) is 4.74. The number of nitrogens with zero attached hydrogens (tertiary/aromatic N) is 1. The molecule has 0 fully saturated rings. The summed E-state index contributed by atoms with van der Waals surface area (Å²) >= 11 is 0. The molecule has 2 rings (SSSR count). The van der Waals surface area contributed by atoms with E-state index in [1.165, 1.54) is 18.2 Å². The molecular formula is C16H14N2O3S. The van der Waals surface area contributed by atoms with Crippen LogP contribution >= 0.6 is 0 Å². The molecule has 5 nitrogen and oxygen atoms in total. The number of hydrogen-bond donors (Lipinski definition) is 1. The summed E-state index contributed by atoms with van der Waals surface area (Å²) < 4.78 is 26.6. The van der Waals surface area contributed by atoms with Crippen LogP contribution in [0, 0.1) is 18.3 Å². The first-order chi connectivity index (χ1) is 10.4. The first-order valence-corrected chi connectivity index (χ1v) is 8.01. The summed E-state index contributed by atoms with van der Waals surface area (Å²) in [6.07, 6.45) is 0.158. The number of amides is 1. The van der Waals surface area contributed by atoms with Crippen molar-refractivity contribution in [2.45, 2.75) is 18.2 Å². The molecule has 0 aromatic heterocycles. The highest BCUT2D eigenvalue weighted by Crippen LogP contribution is 2.15. The van der Waals surface area contributed by atoms with Crippen LogP contribution in [-0.2, 0) is 16.4 Å². The van der Waals surface area contributed by atoms with Crippen LogP contribution in [-0.4, -0.2) is 14.3 Å². The summed E-state index contributed by atoms with van der Waals surface area (Å²) in [5.41, 5.74) is 1.41. The third-order valence-electron chi connectivity index (χ3n) is 3.08. The average molecular weight is 314 g/mol. The van der Waals surface area contributed by atoms with E-state index in [2.05, 4.69) is 0 Å². The van der Waals surface area contributed by atoms with Crippen molar-refractivity contribution in [3.05, 3.63) is 65.2 Å². The third-order valence-corrected chi connectivity index (χ3v) is 4.57. The van der Waals surface area contributed by atoms with E-state index < -0.39 is 15.9 Å². The van der Waals surface area contributed by atoms with Crippen LogP contribution in [0.1, 0.15) is 21.5 Å². The largest absolute Gasteiger partial charge is 0.268 e. The zero-order valence-corrected chi connectivity index (χ0v) is 12.7. The van der Waals surface area contributed by atoms with Gasteiger partial charge in [-0.15, -0.1) is 0 Å². The minimum absolute atomic E-state index is 0.0662. The lowest BCUT2D eigenvalue weighted by Crippen LogP contribution is -2.31. The van der Waals surface area contributed by atoms with Gasteiger partial charge in [-0.1, -0.05) is 30.3 Å². The highest BCUT2D eigenvalue weighted by atomic mass is 32.2. The van der Waals surface area contributed by atoms with Gasteiger partial charge in [0, 0.05) is 5.56 Å². The molecule has 22 heavy (non-hydrogen) atoms. The number of rotatable bonds is 4. The van der Waals surface area contributed by atoms with Crippen LogP contribution in [0.25, 0.3) is 0 Å². The maximum absolute atomic E-state index is 12.3. The van der Waals surface area contributed by atoms with Crippen molar-refractivity contribution in [2.24, 2.45) is 0 Å². The number of nitrogens with one attached hydrogen (secondary N) is 1. The topological polar surface area (TPSA) is 87.0 Å². The molecule has 0 aliphatic rings. The summed E-state index contributed by atoms with van der Waals surface area (Å²) in [5.74, 6) is -0.719. The highest BCUT2D eigenvalue weighted by Gasteiger charge is 2.20. The fourth-order valence-electron chi connectivity index (χ4n) is 2.01. The lowest BCUT2D eigenvalue weighted by Gasteiger charge is -2.09. The van der Waals surface area contributed by atoms with E-state index in [4.69, 9.17) is 5.26 Å². The molecule has 2 aromatic rings. The number of sulfonamides is 1. The first-order valence-electron chi connectivity index (χ1n) is 6.53. The van der Waals surface area contributed by atoms with Crippen LogP contribution in [0.4, 0.5) is 0 Å². The van der Waals surface area contributed by atoms with Gasteiger partial charge in [-0.05, 0) is 36.2 Å². The molecule has 0 aliphatic carbocycles. The zero-order valence-electron chi connectivity index (χ0n) is 11.9. The lowest BCUT2D eigenvalue weighted by molar-refractivity contribution is 0.0981. The average Bonchev–Trinajstić information content (AvgIpc) is 2.47. The summed E-state index contributed by atoms with van der Waals surface area (Å²) in [5, 5.41) is 8.67. The number of carbonyl (C=O) groups is 1. The van der Waals surface area contributed by atoms with E-state index in [0.717, 1.165) is 0 Å². The van der Waals surface area contributed by atoms with Gasteiger partial charge in [0.15, 0.2) is 0 Å². The van der Waals surface area contributed by atoms with Crippen molar-refractivity contribution in [3.63, 3.8) is 0 Å². The molecule has 0 aliphatic heterocycles. The summed E-state index contributed by atoms with van der Waals surface area (Å²) in [7, 11) is -3.93. The monoisotopic (exact) mass is 314 g/mol. The number of hydrogen-bond acceptors (Lipinski definition) is 4. The second-order valence-corrected chi connectivity index (χ2v) is 6.39. The number of carbonyl (C=O) groups excluding carboxylic acids is 1. The molecule has 0 spiro atoms. The normalized spacial score (nSPS) is 10.7. The van der Waals surface area contributed by atoms with Crippen molar-refractivity contribution >= 4 is 15.9 Å². The van der Waals surface area contributed by atoms with Gasteiger partial charge in [-0.2, -0.15) is 5.26 Å². The van der Waals surface area contributed by atoms with Gasteiger partial charge < -0.3 is 0 Å². The molecule has 2 aromatic carbocycles. The molecule has 0 saturated heterocycles. The number of aryl methyl sites for hydroxylation is 1. The molecule has 0 unspecified atom stereocenters. The Morgan fingerprint density at radius 2 is 1.91 bits per heavy atom. The SMILES string of the molecule is Cc1ccccc1S(=O)(=O)NC(=O)c1cccc(CC#N)c1. The molecule has 0 saturated carbocycles. The van der Waals surface area contributed by atoms with Crippen molar-refractivity contribution in [1.82, 2.24) is 4.72 Å². The smallest absolute Gasteiger partial charge is 0.265 e. The lowest BCUT2D eigenvalue weighted by atomic mass is 10.1. The van der Waals surface area contributed by atoms with Gasteiger partial charge in [0.1, 0.15) is 0 Å². The molecule has 1 N–H and O–H groups in total. The van der Waals surface area contributed by atoms with Gasteiger partial charge in [0.05, 0.1) is 17.4 Å². The van der Waals surface area contributed by atoms with Crippen LogP contribution in [0.5, 0.6) is 0 Å². The van der Waals surface area contributed by atoms with E-state index in [1.54, 1.807) is 37.3 Å². The highest BCUT2D eigenvalue weighted by molar-refractivity contribution is 7.90. The minimum Gasteiger partial charge on any atom is -0.268 e. The third kappa shape index (κ3) is 3.51. The first kappa shape index (κ1) is 15.7. The maximum Gasteiger partial charge on any atom is 0.265 e. The van der Waals surface area contributed by atoms with Crippen LogP contribution in [0.3, 0.4) is 0 Å². The fraction of sp³-hybridized carbons (Fsp3) is 0.125. The van der Waals surface area contributed by atoms with E-state index >= 15 is 0 Å². The number of nitriles is 1. The Morgan fingerprint density at radius 3 is 2.59 bits per heavy atom. The van der Waals surface area contributed by atoms with Crippen molar-refractivity contribution in [3.8, 4) is 6.07 Å². The van der Waals surface area contributed by atoms with Gasteiger partial charge in [-0.3, -0.25) is 4.79 Å². The summed E-state index contributed by atoms with van der Waals surface area (Å²) in [4.78, 5) is 12.2. The van der Waals surface area contributed by atoms with Crippen molar-refractivity contribution in [1.29, 1.82) is 5.26 Å². The van der Waals surface area contributed by atoms with Gasteiger partial charge >= 0.3 is 0 Å². The molecular weight excluding hydrogens is 300 g/mol. The Labute approximate surface area is 129 Å². The Hall–Kier alpha value is -2.65. The Kier molecular flexibility index (Phi) is 4.59. The molecule has 112 valence electrons. The minimum atomic E-state index is -3.93. The quantitative estimate of drug-likeness (QED) is 0.937. The molecule has 0 bridgehead atoms. The van der Waals surface area contributed by atoms with Crippen LogP contribution in [0.2, 0.25) is 0 Å². The predicted octanol–water partition coefficient (Wildman–Crippen LogP) is 2.18. The molecule has 0 heterocycles. The Balaban J connectivity index is 2.27. The predicted molar refractivity (Wildman–Crippen MR) is 81.6 cm³/mol. The van der Waals surface area contributed by atoms with Crippen LogP contribution in [0.15, 0.2) is 53.4 Å². The van der Waals surface area contributed by atoms with Gasteiger partial charge in [-0.25, -0.2) is 13.1 Å². The van der Waals surface area contributed by atoms with Crippen LogP contribution < -0.4 is 4.72 Å². The number of benzene rings is 2. The molecule has 0 atom stereocenters. The zero-order chi connectivity index (χ0) is 16.2. The van der Waals surface area contributed by atoms with Gasteiger partial charge in [0.25, 0.3) is 15.9 Å². The van der Waals surface area contributed by atoms with Gasteiger partial charge in [0.2, 0.25) is 0 Å². The molecule has 1 amide bonds. The fourth-order valence-corrected chi connectivity index (χ4v) is 3.23. The van der Waals surface area contributed by atoms with E-state index in [1.807, 2.05) is 10.8 Å². The molecule has 6 heteroatoms. The van der Waals surface area contributed by atoms with Crippen molar-refractivity contribution in [2.75, 3.05) is 0 Å². The standard InChI is InChI=1S/C16H14N2O3S/c1-12-5-2-3-8-15(12)22(20,21)18-16(19)14-7-4-6-13(11-14)9-10-17/h2-8,11H,9H2,1H3,(H,18,19). The Morgan fingerprint density at radius 1 is 1.18 bits per heavy atom. The maximum atomic E-state index is 12.3. The molecule has 0 radical (unpaired) electrons. The summed E-state index contributed by atoms with van der Waals surface area (Å²) in [6.45, 7) is 1.66. The second kappa shape index (κ2) is 6.41. The van der Waals surface area contributed by atoms with E-state index in [0.29, 0.717) is 11.1 Å². The Bertz CT molecular complexity index is 852. The van der Waals surface area contributed by atoms with E-state index in [-0.39, 0.29) is 16.9 Å². The van der Waals surface area contributed by atoms with E-state index in [9.17, 15) is 13.2 Å². The van der Waals surface area contributed by atoms with Crippen molar-refractivity contribution < 1.29 is 13.2 Å². The summed E-state index contributed by atoms with van der Waals surface area (Å²) in [6, 6.07) is 14.7.